The number of carbonyl (C=O) groups excluding carboxylic acids is 4. The van der Waals surface area contributed by atoms with E-state index in [0.717, 1.165) is 9.37 Å². The lowest BCUT2D eigenvalue weighted by molar-refractivity contribution is -0.143. The van der Waals surface area contributed by atoms with Crippen molar-refractivity contribution in [3.05, 3.63) is 34.3 Å². The summed E-state index contributed by atoms with van der Waals surface area (Å²) in [6.45, 7) is 1.26. The molecule has 4 amide bonds. The van der Waals surface area contributed by atoms with Crippen molar-refractivity contribution in [1.82, 2.24) is 9.80 Å². The summed E-state index contributed by atoms with van der Waals surface area (Å²) in [5.74, 6) is -2.24. The Morgan fingerprint density at radius 3 is 2.10 bits per heavy atom. The number of ketones is 1. The Morgan fingerprint density at radius 2 is 1.60 bits per heavy atom. The average Bonchev–Trinajstić information content (AvgIpc) is 2.63. The Morgan fingerprint density at radius 1 is 1.05 bits per heavy atom. The Balaban J connectivity index is 2.16. The van der Waals surface area contributed by atoms with Crippen LogP contribution in [0.3, 0.4) is 0 Å². The molecule has 1 aliphatic heterocycles. The van der Waals surface area contributed by atoms with Gasteiger partial charge in [0.15, 0.2) is 5.78 Å². The molecule has 1 heterocycles. The number of likely N-dealkylation sites (N-methyl/N-ethyl adjacent to an activating group) is 1. The van der Waals surface area contributed by atoms with Crippen molar-refractivity contribution in [2.75, 3.05) is 13.1 Å². The largest absolute Gasteiger partial charge is 0.334 e. The molecule has 7 heteroatoms. The van der Waals surface area contributed by atoms with Gasteiger partial charge in [0.1, 0.15) is 0 Å². The molecule has 0 radical (unpaired) electrons. The van der Waals surface area contributed by atoms with Gasteiger partial charge < -0.3 is 0 Å². The Labute approximate surface area is 123 Å². The van der Waals surface area contributed by atoms with Gasteiger partial charge in [0.25, 0.3) is 0 Å². The van der Waals surface area contributed by atoms with Crippen LogP contribution in [0, 0.1) is 0 Å². The molecule has 0 N–H and O–H groups in total. The van der Waals surface area contributed by atoms with Gasteiger partial charge in [0.2, 0.25) is 0 Å². The smallest absolute Gasteiger partial charge is 0.292 e. The molecule has 0 atom stereocenters. The number of urea groups is 1. The minimum atomic E-state index is -0.956. The zero-order valence-electron chi connectivity index (χ0n) is 10.6. The van der Waals surface area contributed by atoms with Gasteiger partial charge in [-0.2, -0.15) is 0 Å². The summed E-state index contributed by atoms with van der Waals surface area (Å²) >= 11 is 3.25. The molecule has 0 unspecified atom stereocenters. The number of carbonyl (C=O) groups is 4. The first kappa shape index (κ1) is 14.4. The first-order chi connectivity index (χ1) is 9.45. The fraction of sp³-hybridized carbons (Fsp3) is 0.231. The third-order valence-electron chi connectivity index (χ3n) is 2.92. The molecule has 0 saturated carbocycles. The van der Waals surface area contributed by atoms with Gasteiger partial charge in [-0.1, -0.05) is 28.1 Å². The van der Waals surface area contributed by atoms with Crippen molar-refractivity contribution >= 4 is 39.6 Å². The van der Waals surface area contributed by atoms with E-state index < -0.39 is 30.2 Å². The summed E-state index contributed by atoms with van der Waals surface area (Å²) in [4.78, 5) is 48.5. The number of hydrogen-bond acceptors (Lipinski definition) is 4. The van der Waals surface area contributed by atoms with Crippen LogP contribution in [0.2, 0.25) is 0 Å². The maximum absolute atomic E-state index is 12.0. The van der Waals surface area contributed by atoms with Gasteiger partial charge in [-0.25, -0.2) is 9.69 Å². The molecule has 6 nitrogen and oxygen atoms in total. The highest BCUT2D eigenvalue weighted by Crippen LogP contribution is 2.15. The predicted molar refractivity (Wildman–Crippen MR) is 73.0 cm³/mol. The number of hydrogen-bond donors (Lipinski definition) is 0. The van der Waals surface area contributed by atoms with Gasteiger partial charge in [-0.3, -0.25) is 19.3 Å². The first-order valence-electron chi connectivity index (χ1n) is 5.91. The molecule has 2 rings (SSSR count). The summed E-state index contributed by atoms with van der Waals surface area (Å²) in [5, 5.41) is 0. The van der Waals surface area contributed by atoms with E-state index >= 15 is 0 Å². The van der Waals surface area contributed by atoms with Crippen LogP contribution in [0.1, 0.15) is 17.3 Å². The van der Waals surface area contributed by atoms with Crippen molar-refractivity contribution in [3.8, 4) is 0 Å². The molecule has 104 valence electrons. The van der Waals surface area contributed by atoms with Crippen LogP contribution < -0.4 is 0 Å². The number of nitrogens with zero attached hydrogens (tertiary/aromatic N) is 2. The average molecular weight is 339 g/mol. The number of Topliss-reactive ketones (excluding diaryl/α,β-unsaturated/α-hetero) is 1. The number of halogens is 1. The maximum atomic E-state index is 12.0. The molecular weight excluding hydrogens is 328 g/mol. The highest BCUT2D eigenvalue weighted by molar-refractivity contribution is 9.10. The van der Waals surface area contributed by atoms with Crippen LogP contribution >= 0.6 is 15.9 Å². The predicted octanol–water partition coefficient (Wildman–Crippen LogP) is 1.44. The van der Waals surface area contributed by atoms with Crippen molar-refractivity contribution < 1.29 is 19.2 Å². The lowest BCUT2D eigenvalue weighted by Crippen LogP contribution is -2.36. The fourth-order valence-electron chi connectivity index (χ4n) is 1.84. The number of imide groups is 2. The van der Waals surface area contributed by atoms with Gasteiger partial charge in [-0.15, -0.1) is 0 Å². The van der Waals surface area contributed by atoms with Gasteiger partial charge in [0, 0.05) is 16.6 Å². The number of amides is 4. The molecule has 1 aromatic rings. The second-order valence-corrected chi connectivity index (χ2v) is 5.07. The van der Waals surface area contributed by atoms with E-state index in [2.05, 4.69) is 15.9 Å². The summed E-state index contributed by atoms with van der Waals surface area (Å²) in [6, 6.07) is 5.79. The van der Waals surface area contributed by atoms with Crippen molar-refractivity contribution in [2.45, 2.75) is 6.92 Å². The quantitative estimate of drug-likeness (QED) is 0.473. The third kappa shape index (κ3) is 2.49. The van der Waals surface area contributed by atoms with E-state index in [0.29, 0.717) is 10.5 Å². The van der Waals surface area contributed by atoms with Gasteiger partial charge in [0.05, 0.1) is 6.54 Å². The van der Waals surface area contributed by atoms with Crippen LogP contribution in [0.4, 0.5) is 4.79 Å². The van der Waals surface area contributed by atoms with Crippen molar-refractivity contribution in [1.29, 1.82) is 0 Å². The highest BCUT2D eigenvalue weighted by atomic mass is 79.9. The van der Waals surface area contributed by atoms with Crippen molar-refractivity contribution in [2.24, 2.45) is 0 Å². The molecule has 1 aromatic carbocycles. The van der Waals surface area contributed by atoms with E-state index in [1.807, 2.05) is 0 Å². The second kappa shape index (κ2) is 5.54. The summed E-state index contributed by atoms with van der Waals surface area (Å²) in [6.07, 6.45) is 0. The molecule has 0 aromatic heterocycles. The van der Waals surface area contributed by atoms with Crippen LogP contribution in [0.5, 0.6) is 0 Å². The SMILES string of the molecule is CCN1C(=O)C(=O)N(CC(=O)c2ccc(Br)cc2)C1=O. The number of benzene rings is 1. The first-order valence-corrected chi connectivity index (χ1v) is 6.71. The molecule has 20 heavy (non-hydrogen) atoms. The Kier molecular flexibility index (Phi) is 3.99. The minimum absolute atomic E-state index is 0.104. The fourth-order valence-corrected chi connectivity index (χ4v) is 2.10. The van der Waals surface area contributed by atoms with E-state index in [-0.39, 0.29) is 6.54 Å². The van der Waals surface area contributed by atoms with E-state index in [1.165, 1.54) is 0 Å². The minimum Gasteiger partial charge on any atom is -0.292 e. The zero-order chi connectivity index (χ0) is 14.9. The summed E-state index contributed by atoms with van der Waals surface area (Å²) in [5.41, 5.74) is 0.371. The van der Waals surface area contributed by atoms with Gasteiger partial charge in [-0.05, 0) is 19.1 Å². The Bertz CT molecular complexity index is 597. The third-order valence-corrected chi connectivity index (χ3v) is 3.45. The van der Waals surface area contributed by atoms with Crippen molar-refractivity contribution in [3.63, 3.8) is 0 Å². The summed E-state index contributed by atoms with van der Waals surface area (Å²) < 4.78 is 0.815. The number of rotatable bonds is 4. The lowest BCUT2D eigenvalue weighted by atomic mass is 10.1. The zero-order valence-corrected chi connectivity index (χ0v) is 12.2. The van der Waals surface area contributed by atoms with Crippen LogP contribution in [-0.4, -0.2) is 46.5 Å². The topological polar surface area (TPSA) is 74.8 Å². The highest BCUT2D eigenvalue weighted by Gasteiger charge is 2.44. The normalized spacial score (nSPS) is 15.2. The van der Waals surface area contributed by atoms with Gasteiger partial charge >= 0.3 is 17.8 Å². The van der Waals surface area contributed by atoms with Crippen LogP contribution in [0.25, 0.3) is 0 Å². The van der Waals surface area contributed by atoms with E-state index in [9.17, 15) is 19.2 Å². The molecule has 1 fully saturated rings. The summed E-state index contributed by atoms with van der Waals surface area (Å²) in [7, 11) is 0. The Hall–Kier alpha value is -2.02. The lowest BCUT2D eigenvalue weighted by Gasteiger charge is -2.13. The monoisotopic (exact) mass is 338 g/mol. The standard InChI is InChI=1S/C13H11BrN2O4/c1-2-15-11(18)12(19)16(13(15)20)7-10(17)8-3-5-9(14)6-4-8/h3-6H,2,7H2,1H3. The molecule has 0 aliphatic carbocycles. The van der Waals surface area contributed by atoms with Crippen LogP contribution in [-0.2, 0) is 9.59 Å². The second-order valence-electron chi connectivity index (χ2n) is 4.15. The molecular formula is C13H11BrN2O4. The van der Waals surface area contributed by atoms with E-state index in [4.69, 9.17) is 0 Å². The molecule has 1 aliphatic rings. The molecule has 0 spiro atoms. The van der Waals surface area contributed by atoms with E-state index in [1.54, 1.807) is 31.2 Å². The molecule has 1 saturated heterocycles. The molecule has 0 bridgehead atoms. The maximum Gasteiger partial charge on any atom is 0.334 e. The van der Waals surface area contributed by atoms with Crippen LogP contribution in [0.15, 0.2) is 28.7 Å².